The van der Waals surface area contributed by atoms with Crippen LogP contribution in [0.3, 0.4) is 0 Å². The summed E-state index contributed by atoms with van der Waals surface area (Å²) in [4.78, 5) is 7.52. The lowest BCUT2D eigenvalue weighted by atomic mass is 10.2. The van der Waals surface area contributed by atoms with Gasteiger partial charge < -0.3 is 14.9 Å². The molecule has 3 aromatic rings. The molecule has 6 heteroatoms. The van der Waals surface area contributed by atoms with Crippen molar-refractivity contribution in [2.45, 2.75) is 38.9 Å². The lowest BCUT2D eigenvalue weighted by Gasteiger charge is -2.13. The van der Waals surface area contributed by atoms with Crippen LogP contribution in [-0.4, -0.2) is 24.7 Å². The van der Waals surface area contributed by atoms with Gasteiger partial charge in [-0.3, -0.25) is 0 Å². The van der Waals surface area contributed by atoms with E-state index in [-0.39, 0.29) is 6.04 Å². The molecule has 6 nitrogen and oxygen atoms in total. The third-order valence-corrected chi connectivity index (χ3v) is 4.16. The van der Waals surface area contributed by atoms with E-state index >= 15 is 0 Å². The Morgan fingerprint density at radius 3 is 3.33 bits per heavy atom. The van der Waals surface area contributed by atoms with Crippen LogP contribution in [0.5, 0.6) is 0 Å². The van der Waals surface area contributed by atoms with E-state index in [4.69, 9.17) is 0 Å². The zero-order valence-electron chi connectivity index (χ0n) is 12.0. The standard InChI is InChI=1S/C15H18N6/c1-10(15-20-19-13-5-3-7-21(13)15)17-8-11-9-18-14-12(11)4-2-6-16-14/h2,4,6,9-10,17H,3,5,7-8H2,1H3,(H,16,18). The lowest BCUT2D eigenvalue weighted by Crippen LogP contribution is -2.21. The van der Waals surface area contributed by atoms with Gasteiger partial charge in [-0.05, 0) is 31.0 Å². The fraction of sp³-hybridized carbons (Fsp3) is 0.400. The van der Waals surface area contributed by atoms with Crippen LogP contribution in [-0.2, 0) is 19.5 Å². The van der Waals surface area contributed by atoms with Crippen molar-refractivity contribution < 1.29 is 0 Å². The molecule has 0 fully saturated rings. The molecule has 1 aliphatic heterocycles. The molecule has 0 amide bonds. The van der Waals surface area contributed by atoms with Crippen LogP contribution in [0.2, 0.25) is 0 Å². The fourth-order valence-electron chi connectivity index (χ4n) is 3.01. The van der Waals surface area contributed by atoms with Gasteiger partial charge in [0.05, 0.1) is 6.04 Å². The highest BCUT2D eigenvalue weighted by atomic mass is 15.3. The summed E-state index contributed by atoms with van der Waals surface area (Å²) in [6.45, 7) is 3.97. The Kier molecular flexibility index (Phi) is 2.96. The number of H-pyrrole nitrogens is 1. The molecule has 4 heterocycles. The van der Waals surface area contributed by atoms with Gasteiger partial charge in [-0.25, -0.2) is 4.98 Å². The minimum atomic E-state index is 0.186. The van der Waals surface area contributed by atoms with Crippen molar-refractivity contribution in [3.63, 3.8) is 0 Å². The molecule has 0 radical (unpaired) electrons. The van der Waals surface area contributed by atoms with Gasteiger partial charge in [0.1, 0.15) is 17.3 Å². The van der Waals surface area contributed by atoms with Crippen molar-refractivity contribution in [1.29, 1.82) is 0 Å². The average Bonchev–Trinajstić information content (AvgIpc) is 3.19. The second-order valence-electron chi connectivity index (χ2n) is 5.55. The summed E-state index contributed by atoms with van der Waals surface area (Å²) in [5.41, 5.74) is 2.16. The second kappa shape index (κ2) is 4.96. The molecule has 0 saturated carbocycles. The van der Waals surface area contributed by atoms with Crippen LogP contribution in [0.1, 0.15) is 36.6 Å². The molecule has 0 aromatic carbocycles. The molecule has 21 heavy (non-hydrogen) atoms. The first kappa shape index (κ1) is 12.5. The number of hydrogen-bond acceptors (Lipinski definition) is 4. The van der Waals surface area contributed by atoms with Crippen molar-refractivity contribution in [3.05, 3.63) is 41.7 Å². The van der Waals surface area contributed by atoms with Crippen LogP contribution < -0.4 is 5.32 Å². The Labute approximate surface area is 122 Å². The third kappa shape index (κ3) is 2.12. The molecule has 4 rings (SSSR count). The first-order valence-corrected chi connectivity index (χ1v) is 7.39. The van der Waals surface area contributed by atoms with Gasteiger partial charge in [0, 0.05) is 37.3 Å². The topological polar surface area (TPSA) is 71.4 Å². The van der Waals surface area contributed by atoms with Crippen molar-refractivity contribution in [1.82, 2.24) is 30.0 Å². The van der Waals surface area contributed by atoms with E-state index in [1.165, 1.54) is 17.4 Å². The Bertz CT molecular complexity index is 771. The fourth-order valence-corrected chi connectivity index (χ4v) is 3.01. The SMILES string of the molecule is CC(NCc1c[nH]c2ncccc12)c1nnc2n1CCC2. The van der Waals surface area contributed by atoms with E-state index in [1.54, 1.807) is 6.20 Å². The Hall–Kier alpha value is -2.21. The van der Waals surface area contributed by atoms with E-state index in [0.717, 1.165) is 36.8 Å². The normalized spacial score (nSPS) is 15.5. The number of rotatable bonds is 4. The van der Waals surface area contributed by atoms with Crippen LogP contribution in [0.4, 0.5) is 0 Å². The highest BCUT2D eigenvalue weighted by Gasteiger charge is 2.21. The van der Waals surface area contributed by atoms with Crippen molar-refractivity contribution >= 4 is 11.0 Å². The molecule has 108 valence electrons. The molecule has 0 saturated heterocycles. The number of aryl methyl sites for hydroxylation is 1. The van der Waals surface area contributed by atoms with Gasteiger partial charge in [-0.1, -0.05) is 0 Å². The van der Waals surface area contributed by atoms with Crippen LogP contribution in [0.15, 0.2) is 24.5 Å². The Morgan fingerprint density at radius 2 is 2.38 bits per heavy atom. The van der Waals surface area contributed by atoms with Gasteiger partial charge >= 0.3 is 0 Å². The molecular formula is C15H18N6. The molecule has 1 aliphatic rings. The van der Waals surface area contributed by atoms with E-state index in [1.807, 2.05) is 12.3 Å². The van der Waals surface area contributed by atoms with Gasteiger partial charge in [0.15, 0.2) is 0 Å². The molecule has 0 aliphatic carbocycles. The maximum Gasteiger partial charge on any atom is 0.149 e. The first-order chi connectivity index (χ1) is 10.3. The van der Waals surface area contributed by atoms with Crippen LogP contribution in [0.25, 0.3) is 11.0 Å². The van der Waals surface area contributed by atoms with E-state index < -0.39 is 0 Å². The number of hydrogen-bond donors (Lipinski definition) is 2. The maximum atomic E-state index is 4.33. The van der Waals surface area contributed by atoms with E-state index in [2.05, 4.69) is 43.0 Å². The van der Waals surface area contributed by atoms with Crippen LogP contribution in [0, 0.1) is 0 Å². The van der Waals surface area contributed by atoms with Crippen molar-refractivity contribution in [3.8, 4) is 0 Å². The number of aromatic nitrogens is 5. The van der Waals surface area contributed by atoms with Gasteiger partial charge in [0.2, 0.25) is 0 Å². The monoisotopic (exact) mass is 282 g/mol. The van der Waals surface area contributed by atoms with Gasteiger partial charge in [-0.2, -0.15) is 0 Å². The maximum absolute atomic E-state index is 4.33. The van der Waals surface area contributed by atoms with E-state index in [9.17, 15) is 0 Å². The summed E-state index contributed by atoms with van der Waals surface area (Å²) in [6, 6.07) is 4.25. The number of nitrogens with one attached hydrogen (secondary N) is 2. The molecule has 3 aromatic heterocycles. The molecule has 0 spiro atoms. The lowest BCUT2D eigenvalue weighted by molar-refractivity contribution is 0.517. The predicted molar refractivity (Wildman–Crippen MR) is 79.7 cm³/mol. The highest BCUT2D eigenvalue weighted by Crippen LogP contribution is 2.20. The third-order valence-electron chi connectivity index (χ3n) is 4.16. The smallest absolute Gasteiger partial charge is 0.149 e. The van der Waals surface area contributed by atoms with Crippen molar-refractivity contribution in [2.75, 3.05) is 0 Å². The summed E-state index contributed by atoms with van der Waals surface area (Å²) in [7, 11) is 0. The summed E-state index contributed by atoms with van der Waals surface area (Å²) in [5, 5.41) is 13.3. The summed E-state index contributed by atoms with van der Waals surface area (Å²) in [6.07, 6.45) is 6.05. The molecule has 2 N–H and O–H groups in total. The Morgan fingerprint density at radius 1 is 1.43 bits per heavy atom. The van der Waals surface area contributed by atoms with Gasteiger partial charge in [-0.15, -0.1) is 10.2 Å². The Balaban J connectivity index is 1.51. The number of pyridine rings is 1. The number of fused-ring (bicyclic) bond motifs is 2. The van der Waals surface area contributed by atoms with Crippen LogP contribution >= 0.6 is 0 Å². The molecule has 1 unspecified atom stereocenters. The zero-order valence-corrected chi connectivity index (χ0v) is 12.0. The number of aromatic amines is 1. The minimum Gasteiger partial charge on any atom is -0.346 e. The van der Waals surface area contributed by atoms with Gasteiger partial charge in [0.25, 0.3) is 0 Å². The summed E-state index contributed by atoms with van der Waals surface area (Å²) < 4.78 is 2.24. The largest absolute Gasteiger partial charge is 0.346 e. The molecular weight excluding hydrogens is 264 g/mol. The first-order valence-electron chi connectivity index (χ1n) is 7.39. The minimum absolute atomic E-state index is 0.186. The second-order valence-corrected chi connectivity index (χ2v) is 5.55. The van der Waals surface area contributed by atoms with Crippen molar-refractivity contribution in [2.24, 2.45) is 0 Å². The highest BCUT2D eigenvalue weighted by molar-refractivity contribution is 5.79. The number of nitrogens with zero attached hydrogens (tertiary/aromatic N) is 4. The molecule has 1 atom stereocenters. The van der Waals surface area contributed by atoms with E-state index in [0.29, 0.717) is 0 Å². The zero-order chi connectivity index (χ0) is 14.2. The quantitative estimate of drug-likeness (QED) is 0.767. The molecule has 0 bridgehead atoms. The summed E-state index contributed by atoms with van der Waals surface area (Å²) in [5.74, 6) is 2.16. The predicted octanol–water partition coefficient (Wildman–Crippen LogP) is 1.95. The summed E-state index contributed by atoms with van der Waals surface area (Å²) >= 11 is 0. The average molecular weight is 282 g/mol.